The number of carbonyl (C=O) groups is 1. The van der Waals surface area contributed by atoms with Crippen molar-refractivity contribution in [2.45, 2.75) is 13.3 Å². The van der Waals surface area contributed by atoms with Crippen LogP contribution in [0.4, 0.5) is 0 Å². The van der Waals surface area contributed by atoms with Crippen LogP contribution in [0.3, 0.4) is 0 Å². The van der Waals surface area contributed by atoms with E-state index in [9.17, 15) is 9.59 Å². The van der Waals surface area contributed by atoms with Crippen molar-refractivity contribution in [2.24, 2.45) is 0 Å². The number of H-pyrrole nitrogens is 1. The van der Waals surface area contributed by atoms with E-state index in [-0.39, 0.29) is 12.0 Å². The van der Waals surface area contributed by atoms with Gasteiger partial charge in [-0.05, 0) is 18.6 Å². The van der Waals surface area contributed by atoms with Gasteiger partial charge in [0, 0.05) is 22.0 Å². The minimum absolute atomic E-state index is 0.0434. The van der Waals surface area contributed by atoms with E-state index in [0.717, 1.165) is 22.0 Å². The smallest absolute Gasteiger partial charge is 0.310 e. The summed E-state index contributed by atoms with van der Waals surface area (Å²) in [4.78, 5) is 27.3. The normalized spacial score (nSPS) is 10.7. The van der Waals surface area contributed by atoms with Crippen molar-refractivity contribution in [3.8, 4) is 11.1 Å². The number of hydrogen-bond donors (Lipinski definition) is 1. The van der Waals surface area contributed by atoms with Gasteiger partial charge in [0.1, 0.15) is 0 Å². The highest BCUT2D eigenvalue weighted by Gasteiger charge is 2.17. The molecule has 2 aromatic carbocycles. The summed E-state index contributed by atoms with van der Waals surface area (Å²) in [7, 11) is 0. The third-order valence-corrected chi connectivity index (χ3v) is 3.71. The molecule has 0 amide bonds. The molecule has 0 aliphatic heterocycles. The quantitative estimate of drug-likeness (QED) is 0.752. The predicted octanol–water partition coefficient (Wildman–Crippen LogP) is 3.30. The lowest BCUT2D eigenvalue weighted by molar-refractivity contribution is -0.142. The maximum Gasteiger partial charge on any atom is 0.310 e. The molecule has 3 aromatic rings. The van der Waals surface area contributed by atoms with Gasteiger partial charge in [0.25, 0.3) is 5.56 Å². The Labute approximate surface area is 133 Å². The Hall–Kier alpha value is -2.88. The van der Waals surface area contributed by atoms with Crippen LogP contribution in [-0.2, 0) is 16.0 Å². The molecular weight excluding hydrogens is 290 g/mol. The first-order valence-electron chi connectivity index (χ1n) is 7.55. The van der Waals surface area contributed by atoms with Crippen LogP contribution in [0.5, 0.6) is 0 Å². The van der Waals surface area contributed by atoms with Crippen molar-refractivity contribution in [3.63, 3.8) is 0 Å². The molecule has 1 N–H and O–H groups in total. The van der Waals surface area contributed by atoms with Crippen molar-refractivity contribution in [3.05, 3.63) is 70.5 Å². The number of benzene rings is 2. The van der Waals surface area contributed by atoms with Crippen molar-refractivity contribution in [1.82, 2.24) is 4.98 Å². The Kier molecular flexibility index (Phi) is 4.24. The van der Waals surface area contributed by atoms with Gasteiger partial charge in [-0.2, -0.15) is 0 Å². The Balaban J connectivity index is 2.27. The lowest BCUT2D eigenvalue weighted by atomic mass is 9.95. The number of esters is 1. The van der Waals surface area contributed by atoms with Gasteiger partial charge in [0.15, 0.2) is 0 Å². The molecule has 0 unspecified atom stereocenters. The molecule has 0 aliphatic rings. The summed E-state index contributed by atoms with van der Waals surface area (Å²) in [6.45, 7) is 2.05. The maximum absolute atomic E-state index is 12.5. The van der Waals surface area contributed by atoms with Crippen molar-refractivity contribution in [1.29, 1.82) is 0 Å². The van der Waals surface area contributed by atoms with Crippen LogP contribution < -0.4 is 5.56 Å². The lowest BCUT2D eigenvalue weighted by Crippen LogP contribution is -2.19. The number of ether oxygens (including phenoxy) is 1. The summed E-state index contributed by atoms with van der Waals surface area (Å²) < 4.78 is 5.01. The van der Waals surface area contributed by atoms with Gasteiger partial charge in [-0.3, -0.25) is 9.59 Å². The molecule has 1 heterocycles. The maximum atomic E-state index is 12.5. The second-order valence-corrected chi connectivity index (χ2v) is 5.20. The van der Waals surface area contributed by atoms with Crippen molar-refractivity contribution >= 4 is 16.9 Å². The second kappa shape index (κ2) is 6.48. The number of carbonyl (C=O) groups excluding carboxylic acids is 1. The van der Waals surface area contributed by atoms with Gasteiger partial charge in [0.2, 0.25) is 0 Å². The van der Waals surface area contributed by atoms with E-state index in [2.05, 4.69) is 4.98 Å². The summed E-state index contributed by atoms with van der Waals surface area (Å²) in [6.07, 6.45) is -0.0434. The average Bonchev–Trinajstić information content (AvgIpc) is 2.56. The fraction of sp³-hybridized carbons (Fsp3) is 0.158. The van der Waals surface area contributed by atoms with Crippen LogP contribution in [0.25, 0.3) is 22.0 Å². The van der Waals surface area contributed by atoms with Crippen LogP contribution >= 0.6 is 0 Å². The topological polar surface area (TPSA) is 59.2 Å². The number of nitrogens with one attached hydrogen (secondary N) is 1. The fourth-order valence-corrected chi connectivity index (χ4v) is 2.74. The lowest BCUT2D eigenvalue weighted by Gasteiger charge is -2.12. The monoisotopic (exact) mass is 307 g/mol. The standard InChI is InChI=1S/C19H17NO3/c1-2-23-17(21)12-15-18(13-8-4-3-5-9-13)14-10-6-7-11-16(14)20-19(15)22/h3-11H,2,12H2,1H3,(H,20,22). The molecule has 1 aromatic heterocycles. The predicted molar refractivity (Wildman–Crippen MR) is 90.3 cm³/mol. The molecule has 3 rings (SSSR count). The average molecular weight is 307 g/mol. The van der Waals surface area contributed by atoms with E-state index in [4.69, 9.17) is 4.74 Å². The number of rotatable bonds is 4. The van der Waals surface area contributed by atoms with Crippen molar-refractivity contribution < 1.29 is 9.53 Å². The zero-order chi connectivity index (χ0) is 16.2. The highest BCUT2D eigenvalue weighted by molar-refractivity contribution is 5.97. The molecule has 0 saturated carbocycles. The van der Waals surface area contributed by atoms with Gasteiger partial charge in [-0.15, -0.1) is 0 Å². The highest BCUT2D eigenvalue weighted by Crippen LogP contribution is 2.29. The summed E-state index contributed by atoms with van der Waals surface area (Å²) in [5.41, 5.74) is 2.64. The van der Waals surface area contributed by atoms with E-state index in [1.165, 1.54) is 0 Å². The SMILES string of the molecule is CCOC(=O)Cc1c(-c2ccccc2)c2ccccc2[nH]c1=O. The summed E-state index contributed by atoms with van der Waals surface area (Å²) in [6, 6.07) is 17.2. The minimum atomic E-state index is -0.398. The van der Waals surface area contributed by atoms with Gasteiger partial charge in [-0.1, -0.05) is 48.5 Å². The van der Waals surface area contributed by atoms with E-state index in [1.54, 1.807) is 6.92 Å². The first kappa shape index (κ1) is 15.0. The van der Waals surface area contributed by atoms with E-state index in [0.29, 0.717) is 12.2 Å². The van der Waals surface area contributed by atoms with Gasteiger partial charge >= 0.3 is 5.97 Å². The zero-order valence-electron chi connectivity index (χ0n) is 12.8. The Morgan fingerprint density at radius 2 is 1.74 bits per heavy atom. The molecule has 0 fully saturated rings. The first-order chi connectivity index (χ1) is 11.2. The molecule has 0 atom stereocenters. The van der Waals surface area contributed by atoms with Gasteiger partial charge in [-0.25, -0.2) is 0 Å². The molecule has 0 radical (unpaired) electrons. The van der Waals surface area contributed by atoms with E-state index < -0.39 is 5.97 Å². The molecule has 0 saturated heterocycles. The number of fused-ring (bicyclic) bond motifs is 1. The van der Waals surface area contributed by atoms with E-state index >= 15 is 0 Å². The summed E-state index contributed by atoms with van der Waals surface area (Å²) in [5, 5.41) is 0.914. The second-order valence-electron chi connectivity index (χ2n) is 5.20. The molecular formula is C19H17NO3. The Morgan fingerprint density at radius 3 is 2.48 bits per heavy atom. The van der Waals surface area contributed by atoms with Crippen LogP contribution in [0, 0.1) is 0 Å². The molecule has 23 heavy (non-hydrogen) atoms. The summed E-state index contributed by atoms with van der Waals surface area (Å²) >= 11 is 0. The largest absolute Gasteiger partial charge is 0.466 e. The zero-order valence-corrected chi connectivity index (χ0v) is 12.8. The molecule has 4 heteroatoms. The molecule has 0 bridgehead atoms. The Bertz CT molecular complexity index is 897. The molecule has 4 nitrogen and oxygen atoms in total. The van der Waals surface area contributed by atoms with Crippen LogP contribution in [-0.4, -0.2) is 17.6 Å². The van der Waals surface area contributed by atoms with Crippen LogP contribution in [0.15, 0.2) is 59.4 Å². The van der Waals surface area contributed by atoms with Crippen LogP contribution in [0.1, 0.15) is 12.5 Å². The number of aromatic amines is 1. The van der Waals surface area contributed by atoms with Crippen LogP contribution in [0.2, 0.25) is 0 Å². The number of aromatic nitrogens is 1. The Morgan fingerprint density at radius 1 is 1.04 bits per heavy atom. The summed E-state index contributed by atoms with van der Waals surface area (Å²) in [5.74, 6) is -0.398. The van der Waals surface area contributed by atoms with Gasteiger partial charge < -0.3 is 9.72 Å². The highest BCUT2D eigenvalue weighted by atomic mass is 16.5. The number of para-hydroxylation sites is 1. The van der Waals surface area contributed by atoms with Gasteiger partial charge in [0.05, 0.1) is 13.0 Å². The van der Waals surface area contributed by atoms with E-state index in [1.807, 2.05) is 54.6 Å². The number of hydrogen-bond acceptors (Lipinski definition) is 3. The molecule has 0 spiro atoms. The molecule has 0 aliphatic carbocycles. The third kappa shape index (κ3) is 3.01. The third-order valence-electron chi connectivity index (χ3n) is 3.71. The number of pyridine rings is 1. The first-order valence-corrected chi connectivity index (χ1v) is 7.55. The molecule has 116 valence electrons. The minimum Gasteiger partial charge on any atom is -0.466 e. The van der Waals surface area contributed by atoms with Crippen molar-refractivity contribution in [2.75, 3.05) is 6.61 Å². The fourth-order valence-electron chi connectivity index (χ4n) is 2.74.